The second-order valence-corrected chi connectivity index (χ2v) is 8.70. The number of nitrogens with one attached hydrogen (secondary N) is 1. The fourth-order valence-electron chi connectivity index (χ4n) is 4.28. The Kier molecular flexibility index (Phi) is 4.43. The number of benzene rings is 2. The number of hydrogen-bond donors (Lipinski definition) is 1. The number of aromatic amines is 1. The van der Waals surface area contributed by atoms with Crippen molar-refractivity contribution in [3.8, 4) is 0 Å². The molecule has 152 valence electrons. The van der Waals surface area contributed by atoms with Gasteiger partial charge in [-0.15, -0.1) is 16.4 Å². The quantitative estimate of drug-likeness (QED) is 0.448. The first-order valence-corrected chi connectivity index (χ1v) is 10.8. The Labute approximate surface area is 176 Å². The molecule has 7 heteroatoms. The molecule has 1 atom stereocenters. The summed E-state index contributed by atoms with van der Waals surface area (Å²) in [5.41, 5.74) is 5.51. The summed E-state index contributed by atoms with van der Waals surface area (Å²) >= 11 is 1.50. The van der Waals surface area contributed by atoms with Gasteiger partial charge in [0.25, 0.3) is 0 Å². The molecular formula is C23H20FN3O2S. The van der Waals surface area contributed by atoms with Crippen LogP contribution in [0, 0.1) is 12.7 Å². The van der Waals surface area contributed by atoms with Crippen molar-refractivity contribution in [1.29, 1.82) is 0 Å². The zero-order valence-electron chi connectivity index (χ0n) is 16.9. The first kappa shape index (κ1) is 18.9. The van der Waals surface area contributed by atoms with Crippen molar-refractivity contribution >= 4 is 43.9 Å². The number of halogens is 1. The molecule has 2 aromatic heterocycles. The molecule has 1 aliphatic heterocycles. The third kappa shape index (κ3) is 2.84. The lowest BCUT2D eigenvalue weighted by Gasteiger charge is -2.18. The Bertz CT molecular complexity index is 1420. The SMILES string of the molecule is CCCC1C(C)=NN=C(c2sc3cccc(F)c3c2C)c2cc3oc(=O)[nH]c3cc21. The molecule has 5 rings (SSSR count). The summed E-state index contributed by atoms with van der Waals surface area (Å²) in [6.45, 7) is 6.03. The summed E-state index contributed by atoms with van der Waals surface area (Å²) in [6.07, 6.45) is 1.90. The summed E-state index contributed by atoms with van der Waals surface area (Å²) < 4.78 is 20.7. The van der Waals surface area contributed by atoms with E-state index < -0.39 is 5.76 Å². The zero-order chi connectivity index (χ0) is 21.0. The van der Waals surface area contributed by atoms with Crippen molar-refractivity contribution < 1.29 is 8.81 Å². The van der Waals surface area contributed by atoms with Gasteiger partial charge in [0.1, 0.15) is 11.5 Å². The lowest BCUT2D eigenvalue weighted by Crippen LogP contribution is -2.12. The summed E-state index contributed by atoms with van der Waals surface area (Å²) in [5.74, 6) is -0.640. The Morgan fingerprint density at radius 2 is 2.07 bits per heavy atom. The maximum Gasteiger partial charge on any atom is 0.417 e. The molecule has 30 heavy (non-hydrogen) atoms. The second kappa shape index (κ2) is 7.02. The maximum absolute atomic E-state index is 14.5. The van der Waals surface area contributed by atoms with E-state index >= 15 is 0 Å². The van der Waals surface area contributed by atoms with Crippen LogP contribution in [0.1, 0.15) is 54.2 Å². The lowest BCUT2D eigenvalue weighted by molar-refractivity contribution is 0.555. The van der Waals surface area contributed by atoms with Gasteiger partial charge in [-0.05, 0) is 55.7 Å². The topological polar surface area (TPSA) is 70.7 Å². The Hall–Kier alpha value is -3.06. The molecular weight excluding hydrogens is 401 g/mol. The van der Waals surface area contributed by atoms with Gasteiger partial charge in [-0.25, -0.2) is 9.18 Å². The van der Waals surface area contributed by atoms with Crippen LogP contribution in [0.4, 0.5) is 4.39 Å². The van der Waals surface area contributed by atoms with E-state index in [0.717, 1.165) is 44.8 Å². The van der Waals surface area contributed by atoms with Crippen molar-refractivity contribution in [2.45, 2.75) is 39.5 Å². The number of aromatic nitrogens is 1. The van der Waals surface area contributed by atoms with Crippen LogP contribution in [-0.2, 0) is 0 Å². The summed E-state index contributed by atoms with van der Waals surface area (Å²) in [4.78, 5) is 15.4. The molecule has 0 radical (unpaired) electrons. The highest BCUT2D eigenvalue weighted by molar-refractivity contribution is 7.21. The first-order valence-electron chi connectivity index (χ1n) is 9.95. The van der Waals surface area contributed by atoms with Gasteiger partial charge in [0.2, 0.25) is 0 Å². The van der Waals surface area contributed by atoms with Crippen molar-refractivity contribution in [1.82, 2.24) is 4.98 Å². The molecule has 0 amide bonds. The molecule has 0 saturated heterocycles. The lowest BCUT2D eigenvalue weighted by atomic mass is 9.85. The molecule has 2 aromatic carbocycles. The van der Waals surface area contributed by atoms with Crippen LogP contribution in [0.3, 0.4) is 0 Å². The molecule has 0 saturated carbocycles. The van der Waals surface area contributed by atoms with Crippen molar-refractivity contribution in [3.63, 3.8) is 0 Å². The number of H-pyrrole nitrogens is 1. The van der Waals surface area contributed by atoms with E-state index in [1.807, 2.05) is 32.0 Å². The van der Waals surface area contributed by atoms with E-state index in [1.165, 1.54) is 17.4 Å². The van der Waals surface area contributed by atoms with Crippen molar-refractivity contribution in [2.24, 2.45) is 10.2 Å². The van der Waals surface area contributed by atoms with E-state index in [2.05, 4.69) is 22.1 Å². The minimum Gasteiger partial charge on any atom is -0.408 e. The van der Waals surface area contributed by atoms with Gasteiger partial charge in [-0.3, -0.25) is 4.98 Å². The maximum atomic E-state index is 14.5. The van der Waals surface area contributed by atoms with Crippen LogP contribution in [0.15, 0.2) is 49.7 Å². The van der Waals surface area contributed by atoms with E-state index in [9.17, 15) is 9.18 Å². The van der Waals surface area contributed by atoms with E-state index in [0.29, 0.717) is 22.2 Å². The average Bonchev–Trinajstić information content (AvgIpc) is 3.21. The fraction of sp³-hybridized carbons (Fsp3) is 0.261. The predicted molar refractivity (Wildman–Crippen MR) is 120 cm³/mol. The van der Waals surface area contributed by atoms with Crippen LogP contribution < -0.4 is 5.76 Å². The van der Waals surface area contributed by atoms with E-state index in [4.69, 9.17) is 4.42 Å². The largest absolute Gasteiger partial charge is 0.417 e. The second-order valence-electron chi connectivity index (χ2n) is 7.65. The van der Waals surface area contributed by atoms with Crippen LogP contribution in [0.5, 0.6) is 0 Å². The predicted octanol–water partition coefficient (Wildman–Crippen LogP) is 5.89. The number of rotatable bonds is 3. The monoisotopic (exact) mass is 421 g/mol. The molecule has 5 nitrogen and oxygen atoms in total. The van der Waals surface area contributed by atoms with Gasteiger partial charge in [0.05, 0.1) is 10.4 Å². The van der Waals surface area contributed by atoms with Crippen LogP contribution in [0.25, 0.3) is 21.2 Å². The van der Waals surface area contributed by atoms with E-state index in [-0.39, 0.29) is 11.7 Å². The van der Waals surface area contributed by atoms with E-state index in [1.54, 1.807) is 6.07 Å². The fourth-order valence-corrected chi connectivity index (χ4v) is 5.51. The molecule has 4 aromatic rings. The highest BCUT2D eigenvalue weighted by Crippen LogP contribution is 2.38. The molecule has 1 N–H and O–H groups in total. The van der Waals surface area contributed by atoms with Gasteiger partial charge in [0.15, 0.2) is 5.58 Å². The van der Waals surface area contributed by atoms with Crippen LogP contribution >= 0.6 is 11.3 Å². The number of fused-ring (bicyclic) bond motifs is 3. The number of oxazole rings is 1. The van der Waals surface area contributed by atoms with Gasteiger partial charge in [-0.1, -0.05) is 19.4 Å². The van der Waals surface area contributed by atoms with Crippen LogP contribution in [-0.4, -0.2) is 16.4 Å². The van der Waals surface area contributed by atoms with Gasteiger partial charge < -0.3 is 4.42 Å². The highest BCUT2D eigenvalue weighted by atomic mass is 32.1. The minimum absolute atomic E-state index is 0.0838. The molecule has 1 aliphatic rings. The third-order valence-corrected chi connectivity index (χ3v) is 6.99. The third-order valence-electron chi connectivity index (χ3n) is 5.73. The standard InChI is InChI=1S/C23H20FN3O2S/c1-4-6-13-12(3)26-27-21(15-10-18-17(9-14(13)15)25-23(28)29-18)22-11(2)20-16(24)7-5-8-19(20)30-22/h5,7-10,13H,4,6H2,1-3H3,(H,25,28). The molecule has 1 unspecified atom stereocenters. The van der Waals surface area contributed by atoms with Crippen molar-refractivity contribution in [2.75, 3.05) is 0 Å². The summed E-state index contributed by atoms with van der Waals surface area (Å²) in [6, 6.07) is 8.95. The van der Waals surface area contributed by atoms with Crippen LogP contribution in [0.2, 0.25) is 0 Å². The summed E-state index contributed by atoms with van der Waals surface area (Å²) in [5, 5.41) is 9.76. The van der Waals surface area contributed by atoms with Crippen molar-refractivity contribution in [3.05, 3.63) is 68.3 Å². The normalized spacial score (nSPS) is 16.5. The minimum atomic E-state index is -0.485. The first-order chi connectivity index (χ1) is 14.5. The Balaban J connectivity index is 1.82. The zero-order valence-corrected chi connectivity index (χ0v) is 17.7. The average molecular weight is 421 g/mol. The summed E-state index contributed by atoms with van der Waals surface area (Å²) in [7, 11) is 0. The number of nitrogens with zero attached hydrogens (tertiary/aromatic N) is 2. The number of thiophene rings is 1. The molecule has 0 fully saturated rings. The molecule has 0 bridgehead atoms. The molecule has 0 aliphatic carbocycles. The molecule has 3 heterocycles. The van der Waals surface area contributed by atoms with Gasteiger partial charge in [0, 0.05) is 27.3 Å². The van der Waals surface area contributed by atoms with Gasteiger partial charge >= 0.3 is 5.76 Å². The Morgan fingerprint density at radius 1 is 1.23 bits per heavy atom. The Morgan fingerprint density at radius 3 is 2.83 bits per heavy atom. The highest BCUT2D eigenvalue weighted by Gasteiger charge is 2.28. The van der Waals surface area contributed by atoms with Gasteiger partial charge in [-0.2, -0.15) is 5.10 Å². The number of hydrogen-bond acceptors (Lipinski definition) is 5. The smallest absolute Gasteiger partial charge is 0.408 e. The number of aryl methyl sites for hydroxylation is 1. The molecule has 0 spiro atoms.